The van der Waals surface area contributed by atoms with Crippen LogP contribution >= 0.6 is 0 Å². The van der Waals surface area contributed by atoms with Crippen LogP contribution in [0.25, 0.3) is 10.4 Å². The molecule has 1 aliphatic heterocycles. The molecule has 0 radical (unpaired) electrons. The van der Waals surface area contributed by atoms with Crippen LogP contribution in [0.2, 0.25) is 18.1 Å². The molecule has 12 heteroatoms. The van der Waals surface area contributed by atoms with E-state index in [1.807, 2.05) is 0 Å². The van der Waals surface area contributed by atoms with Crippen molar-refractivity contribution in [3.05, 3.63) is 52.9 Å². The standard InChI is InChI=1S/C26H39N5O6Si/c1-9-11-36-25(33)29-21-15-23(35-12-10-28-30-27)22(34-6)14-20(21)24(32)31-16-18(2)13-19(31)17-37-38(7,8)26(3,4)5/h9,14-15,19H,1-2,10-13,16-17H2,3-8H3,(H,29,33)/t19-/m0/s1. The zero-order valence-electron chi connectivity index (χ0n) is 23.2. The number of nitrogens with one attached hydrogen (secondary N) is 1. The van der Waals surface area contributed by atoms with Gasteiger partial charge in [0.2, 0.25) is 0 Å². The number of hydrogen-bond donors (Lipinski definition) is 1. The zero-order chi connectivity index (χ0) is 28.5. The number of likely N-dealkylation sites (tertiary alicyclic amines) is 1. The molecular formula is C26H39N5O6Si. The summed E-state index contributed by atoms with van der Waals surface area (Å²) in [5.41, 5.74) is 9.81. The van der Waals surface area contributed by atoms with Gasteiger partial charge < -0.3 is 23.5 Å². The average molecular weight is 546 g/mol. The van der Waals surface area contributed by atoms with Gasteiger partial charge in [0.25, 0.3) is 5.91 Å². The molecule has 1 heterocycles. The van der Waals surface area contributed by atoms with Gasteiger partial charge in [-0.15, -0.1) is 0 Å². The number of ether oxygens (including phenoxy) is 3. The Morgan fingerprint density at radius 1 is 1.32 bits per heavy atom. The maximum absolute atomic E-state index is 13.9. The number of rotatable bonds is 12. The number of azide groups is 1. The summed E-state index contributed by atoms with van der Waals surface area (Å²) >= 11 is 0. The molecule has 1 fully saturated rings. The van der Waals surface area contributed by atoms with E-state index in [2.05, 4.69) is 62.4 Å². The normalized spacial score (nSPS) is 15.5. The maximum atomic E-state index is 13.9. The van der Waals surface area contributed by atoms with E-state index in [1.165, 1.54) is 25.3 Å². The lowest BCUT2D eigenvalue weighted by Gasteiger charge is -2.38. The summed E-state index contributed by atoms with van der Waals surface area (Å²) in [6.45, 7) is 19.4. The monoisotopic (exact) mass is 545 g/mol. The van der Waals surface area contributed by atoms with Crippen molar-refractivity contribution in [3.63, 3.8) is 0 Å². The van der Waals surface area contributed by atoms with Gasteiger partial charge in [0.15, 0.2) is 19.8 Å². The first-order valence-electron chi connectivity index (χ1n) is 12.4. The summed E-state index contributed by atoms with van der Waals surface area (Å²) < 4.78 is 22.6. The lowest BCUT2D eigenvalue weighted by molar-refractivity contribution is 0.0686. The number of amides is 2. The van der Waals surface area contributed by atoms with Gasteiger partial charge in [-0.3, -0.25) is 10.1 Å². The fraction of sp³-hybridized carbons (Fsp3) is 0.538. The molecule has 0 aliphatic carbocycles. The topological polar surface area (TPSA) is 135 Å². The summed E-state index contributed by atoms with van der Waals surface area (Å²) in [7, 11) is -0.593. The van der Waals surface area contributed by atoms with E-state index in [4.69, 9.17) is 24.2 Å². The lowest BCUT2D eigenvalue weighted by Crippen LogP contribution is -2.46. The number of nitrogens with zero attached hydrogens (tertiary/aromatic N) is 4. The van der Waals surface area contributed by atoms with E-state index in [0.717, 1.165) is 5.57 Å². The lowest BCUT2D eigenvalue weighted by atomic mass is 10.1. The summed E-state index contributed by atoms with van der Waals surface area (Å²) in [5.74, 6) is 0.233. The van der Waals surface area contributed by atoms with Gasteiger partial charge in [0.05, 0.1) is 44.2 Å². The number of carbonyl (C=O) groups is 2. The van der Waals surface area contributed by atoms with Crippen molar-refractivity contribution in [1.82, 2.24) is 4.90 Å². The highest BCUT2D eigenvalue weighted by Crippen LogP contribution is 2.38. The van der Waals surface area contributed by atoms with Crippen molar-refractivity contribution in [1.29, 1.82) is 0 Å². The third kappa shape index (κ3) is 8.01. The largest absolute Gasteiger partial charge is 0.493 e. The second-order valence-electron chi connectivity index (χ2n) is 10.5. The van der Waals surface area contributed by atoms with Gasteiger partial charge in [0, 0.05) is 17.5 Å². The predicted octanol–water partition coefficient (Wildman–Crippen LogP) is 5.91. The van der Waals surface area contributed by atoms with Crippen LogP contribution in [0.3, 0.4) is 0 Å². The Balaban J connectivity index is 2.41. The van der Waals surface area contributed by atoms with Crippen LogP contribution in [-0.2, 0) is 9.16 Å². The molecule has 0 unspecified atom stereocenters. The van der Waals surface area contributed by atoms with Gasteiger partial charge in [0.1, 0.15) is 6.61 Å². The number of carbonyl (C=O) groups excluding carboxylic acids is 2. The van der Waals surface area contributed by atoms with E-state index in [-0.39, 0.29) is 59.5 Å². The smallest absolute Gasteiger partial charge is 0.411 e. The van der Waals surface area contributed by atoms with E-state index in [1.54, 1.807) is 4.90 Å². The van der Waals surface area contributed by atoms with Crippen molar-refractivity contribution in [2.24, 2.45) is 5.11 Å². The first-order chi connectivity index (χ1) is 17.8. The minimum atomic E-state index is -2.04. The molecule has 1 N–H and O–H groups in total. The second-order valence-corrected chi connectivity index (χ2v) is 15.3. The molecule has 2 amide bonds. The van der Waals surface area contributed by atoms with Crippen molar-refractivity contribution in [2.75, 3.05) is 45.3 Å². The number of anilines is 1. The summed E-state index contributed by atoms with van der Waals surface area (Å²) in [5, 5.41) is 6.10. The van der Waals surface area contributed by atoms with Gasteiger partial charge in [-0.05, 0) is 36.2 Å². The summed E-state index contributed by atoms with van der Waals surface area (Å²) in [6, 6.07) is 2.81. The first-order valence-corrected chi connectivity index (χ1v) is 15.3. The highest BCUT2D eigenvalue weighted by molar-refractivity contribution is 6.74. The number of methoxy groups -OCH3 is 1. The molecule has 0 aromatic heterocycles. The first kappa shape index (κ1) is 30.7. The Morgan fingerprint density at radius 3 is 2.63 bits per heavy atom. The Labute approximate surface area is 225 Å². The molecule has 1 atom stereocenters. The highest BCUT2D eigenvalue weighted by atomic mass is 28.4. The van der Waals surface area contributed by atoms with Gasteiger partial charge >= 0.3 is 6.09 Å². The molecule has 0 saturated carbocycles. The predicted molar refractivity (Wildman–Crippen MR) is 149 cm³/mol. The van der Waals surface area contributed by atoms with Crippen LogP contribution in [0, 0.1) is 0 Å². The van der Waals surface area contributed by atoms with Crippen molar-refractivity contribution >= 4 is 26.0 Å². The average Bonchev–Trinajstić information content (AvgIpc) is 3.23. The molecule has 1 saturated heterocycles. The van der Waals surface area contributed by atoms with Crippen molar-refractivity contribution in [3.8, 4) is 11.5 Å². The van der Waals surface area contributed by atoms with Gasteiger partial charge in [-0.2, -0.15) is 0 Å². The fourth-order valence-electron chi connectivity index (χ4n) is 3.57. The minimum absolute atomic E-state index is 0.000395. The third-order valence-electron chi connectivity index (χ3n) is 6.68. The summed E-state index contributed by atoms with van der Waals surface area (Å²) in [4.78, 5) is 30.7. The Kier molecular flexibility index (Phi) is 10.8. The van der Waals surface area contributed by atoms with Crippen LogP contribution < -0.4 is 14.8 Å². The van der Waals surface area contributed by atoms with Gasteiger partial charge in [-0.1, -0.05) is 50.7 Å². The summed E-state index contributed by atoms with van der Waals surface area (Å²) in [6.07, 6.45) is 1.31. The molecular weight excluding hydrogens is 506 g/mol. The van der Waals surface area contributed by atoms with Crippen molar-refractivity contribution < 1.29 is 28.2 Å². The molecule has 38 heavy (non-hydrogen) atoms. The number of hydrogen-bond acceptors (Lipinski definition) is 7. The molecule has 0 bridgehead atoms. The maximum Gasteiger partial charge on any atom is 0.411 e. The third-order valence-corrected chi connectivity index (χ3v) is 11.2. The van der Waals surface area contributed by atoms with Gasteiger partial charge in [-0.25, -0.2) is 4.79 Å². The Morgan fingerprint density at radius 2 is 2.03 bits per heavy atom. The van der Waals surface area contributed by atoms with Crippen LogP contribution in [0.5, 0.6) is 11.5 Å². The molecule has 1 aromatic rings. The van der Waals surface area contributed by atoms with Crippen LogP contribution in [0.1, 0.15) is 37.6 Å². The quantitative estimate of drug-likeness (QED) is 0.0866. The van der Waals surface area contributed by atoms with E-state index in [9.17, 15) is 9.59 Å². The molecule has 0 spiro atoms. The van der Waals surface area contributed by atoms with E-state index >= 15 is 0 Å². The fourth-order valence-corrected chi connectivity index (χ4v) is 4.62. The Hall–Kier alpha value is -3.47. The molecule has 208 valence electrons. The van der Waals surface area contributed by atoms with E-state index in [0.29, 0.717) is 19.6 Å². The second kappa shape index (κ2) is 13.4. The number of benzene rings is 1. The zero-order valence-corrected chi connectivity index (χ0v) is 24.2. The van der Waals surface area contributed by atoms with Crippen LogP contribution in [0.4, 0.5) is 10.5 Å². The Bertz CT molecular complexity index is 1090. The molecule has 11 nitrogen and oxygen atoms in total. The minimum Gasteiger partial charge on any atom is -0.493 e. The molecule has 2 rings (SSSR count). The van der Waals surface area contributed by atoms with E-state index < -0.39 is 14.4 Å². The SMILES string of the molecule is C=CCOC(=O)Nc1cc(OCCN=[N+]=[N-])c(OC)cc1C(=O)N1CC(=C)C[C@H]1CO[Si](C)(C)C(C)(C)C. The molecule has 1 aliphatic rings. The molecule has 1 aromatic carbocycles. The van der Waals surface area contributed by atoms with Crippen molar-refractivity contribution in [2.45, 2.75) is 51.4 Å². The van der Waals surface area contributed by atoms with Crippen LogP contribution in [0.15, 0.2) is 42.1 Å². The van der Waals surface area contributed by atoms with Crippen LogP contribution in [-0.4, -0.2) is 71.3 Å². The highest BCUT2D eigenvalue weighted by Gasteiger charge is 2.40.